The van der Waals surface area contributed by atoms with E-state index in [0.717, 1.165) is 22.6 Å². The van der Waals surface area contributed by atoms with Crippen LogP contribution in [0, 0.1) is 11.3 Å². The molecule has 0 radical (unpaired) electrons. The summed E-state index contributed by atoms with van der Waals surface area (Å²) in [6.07, 6.45) is 5.11. The molecule has 2 aliphatic rings. The Morgan fingerprint density at radius 1 is 1.16 bits per heavy atom. The molecule has 4 rings (SSSR count). The Morgan fingerprint density at radius 3 is 2.39 bits per heavy atom. The highest BCUT2D eigenvalue weighted by molar-refractivity contribution is 7.99. The van der Waals surface area contributed by atoms with Gasteiger partial charge in [0.1, 0.15) is 5.71 Å². The Hall–Kier alpha value is -2.64. The number of carboxylic acid groups (broad SMARTS) is 1. The fourth-order valence-corrected chi connectivity index (χ4v) is 5.52. The van der Waals surface area contributed by atoms with Crippen LogP contribution in [0.4, 0.5) is 5.69 Å². The average molecular weight is 440 g/mol. The summed E-state index contributed by atoms with van der Waals surface area (Å²) in [5.74, 6) is 0.312. The van der Waals surface area contributed by atoms with Gasteiger partial charge in [-0.1, -0.05) is 30.0 Å². The second-order valence-corrected chi connectivity index (χ2v) is 9.31. The molecule has 0 spiro atoms. The molecular formula is C24H29N3O3S. The standard InChI is InChI=1S/C23H27N3OS.CH2O2/c1-26-16-7-8-17(26)12-15(11-16)13-22(27)23(25)20-14-19(9-10-21(20)24)28-18-5-3-2-4-6-18;2-1-3/h2-6,9-10,14-17,25H,7-8,11-13,24H2,1H3;1H,(H,2,3). The minimum atomic E-state index is -0.250. The zero-order valence-electron chi connectivity index (χ0n) is 17.7. The first kappa shape index (κ1) is 23.0. The van der Waals surface area contributed by atoms with Crippen LogP contribution in [0.25, 0.3) is 0 Å². The number of nitrogens with one attached hydrogen (secondary N) is 1. The summed E-state index contributed by atoms with van der Waals surface area (Å²) in [5, 5.41) is 15.4. The van der Waals surface area contributed by atoms with Gasteiger partial charge in [0.05, 0.1) is 0 Å². The molecule has 2 atom stereocenters. The van der Waals surface area contributed by atoms with Crippen molar-refractivity contribution in [2.75, 3.05) is 12.8 Å². The Morgan fingerprint density at radius 2 is 1.77 bits per heavy atom. The predicted molar refractivity (Wildman–Crippen MR) is 124 cm³/mol. The van der Waals surface area contributed by atoms with Crippen molar-refractivity contribution in [2.24, 2.45) is 5.92 Å². The summed E-state index contributed by atoms with van der Waals surface area (Å²) in [6, 6.07) is 16.9. The van der Waals surface area contributed by atoms with Gasteiger partial charge in [0.15, 0.2) is 5.78 Å². The molecule has 2 heterocycles. The van der Waals surface area contributed by atoms with Crippen LogP contribution in [-0.2, 0) is 9.59 Å². The number of Topliss-reactive ketones (excluding diaryl/α,β-unsaturated/α-hetero) is 1. The van der Waals surface area contributed by atoms with E-state index < -0.39 is 0 Å². The molecule has 2 aliphatic heterocycles. The lowest BCUT2D eigenvalue weighted by molar-refractivity contribution is -0.123. The average Bonchev–Trinajstić information content (AvgIpc) is 2.96. The van der Waals surface area contributed by atoms with Gasteiger partial charge in [0.25, 0.3) is 6.47 Å². The molecule has 164 valence electrons. The number of carbonyl (C=O) groups is 2. The molecule has 0 aromatic heterocycles. The van der Waals surface area contributed by atoms with Crippen molar-refractivity contribution in [2.45, 2.75) is 54.0 Å². The number of hydrogen-bond donors (Lipinski definition) is 3. The number of nitrogen functional groups attached to an aromatic ring is 1. The number of ketones is 1. The third-order valence-electron chi connectivity index (χ3n) is 6.22. The Labute approximate surface area is 187 Å². The molecule has 2 fully saturated rings. The van der Waals surface area contributed by atoms with Crippen LogP contribution < -0.4 is 5.73 Å². The van der Waals surface area contributed by atoms with Crippen molar-refractivity contribution in [3.8, 4) is 0 Å². The predicted octanol–water partition coefficient (Wildman–Crippen LogP) is 4.32. The number of piperidine rings is 1. The van der Waals surface area contributed by atoms with Crippen LogP contribution in [0.5, 0.6) is 0 Å². The van der Waals surface area contributed by atoms with Crippen molar-refractivity contribution >= 4 is 35.4 Å². The molecule has 0 saturated carbocycles. The fourth-order valence-electron chi connectivity index (χ4n) is 4.65. The minimum Gasteiger partial charge on any atom is -0.483 e. The highest BCUT2D eigenvalue weighted by Gasteiger charge is 2.39. The zero-order valence-corrected chi connectivity index (χ0v) is 18.5. The fraction of sp³-hybridized carbons (Fsp3) is 0.375. The zero-order chi connectivity index (χ0) is 22.4. The van der Waals surface area contributed by atoms with Crippen molar-refractivity contribution in [3.63, 3.8) is 0 Å². The topological polar surface area (TPSA) is 107 Å². The molecule has 2 unspecified atom stereocenters. The van der Waals surface area contributed by atoms with Gasteiger partial charge in [-0.25, -0.2) is 0 Å². The van der Waals surface area contributed by atoms with E-state index in [1.165, 1.54) is 12.8 Å². The lowest BCUT2D eigenvalue weighted by Crippen LogP contribution is -2.40. The van der Waals surface area contributed by atoms with Gasteiger partial charge in [0, 0.05) is 39.5 Å². The van der Waals surface area contributed by atoms with E-state index in [1.807, 2.05) is 42.5 Å². The lowest BCUT2D eigenvalue weighted by atomic mass is 9.85. The quantitative estimate of drug-likeness (QED) is 0.351. The Bertz CT molecular complexity index is 921. The second kappa shape index (κ2) is 10.6. The first-order chi connectivity index (χ1) is 14.9. The normalized spacial score (nSPS) is 22.3. The molecule has 2 aromatic carbocycles. The number of nitrogens with zero attached hydrogens (tertiary/aromatic N) is 1. The van der Waals surface area contributed by atoms with Crippen molar-refractivity contribution in [3.05, 3.63) is 54.1 Å². The summed E-state index contributed by atoms with van der Waals surface area (Å²) >= 11 is 1.62. The van der Waals surface area contributed by atoms with Gasteiger partial charge in [0.2, 0.25) is 0 Å². The number of carbonyl (C=O) groups excluding carboxylic acids is 1. The van der Waals surface area contributed by atoms with Crippen molar-refractivity contribution < 1.29 is 14.7 Å². The maximum atomic E-state index is 12.8. The van der Waals surface area contributed by atoms with E-state index in [1.54, 1.807) is 17.8 Å². The van der Waals surface area contributed by atoms with Crippen LogP contribution in [0.2, 0.25) is 0 Å². The van der Waals surface area contributed by atoms with E-state index in [0.29, 0.717) is 35.7 Å². The Kier molecular flexibility index (Phi) is 7.87. The highest BCUT2D eigenvalue weighted by atomic mass is 32.2. The van der Waals surface area contributed by atoms with Crippen LogP contribution in [0.3, 0.4) is 0 Å². The summed E-state index contributed by atoms with van der Waals surface area (Å²) in [4.78, 5) is 25.8. The SMILES string of the molecule is CN1C2CCC1CC(CC(=O)C(=N)c1cc(Sc3ccccc3)ccc1N)C2.O=CO. The van der Waals surface area contributed by atoms with Crippen LogP contribution in [-0.4, -0.2) is 47.1 Å². The summed E-state index contributed by atoms with van der Waals surface area (Å²) in [7, 11) is 2.21. The second-order valence-electron chi connectivity index (χ2n) is 8.16. The monoisotopic (exact) mass is 439 g/mol. The van der Waals surface area contributed by atoms with E-state index in [4.69, 9.17) is 21.0 Å². The van der Waals surface area contributed by atoms with Crippen molar-refractivity contribution in [1.82, 2.24) is 4.90 Å². The molecular weight excluding hydrogens is 410 g/mol. The lowest BCUT2D eigenvalue weighted by Gasteiger charge is -2.36. The summed E-state index contributed by atoms with van der Waals surface area (Å²) in [5.41, 5.74) is 7.23. The molecule has 0 aliphatic carbocycles. The first-order valence-corrected chi connectivity index (χ1v) is 11.3. The van der Waals surface area contributed by atoms with Gasteiger partial charge in [-0.15, -0.1) is 0 Å². The van der Waals surface area contributed by atoms with Gasteiger partial charge >= 0.3 is 0 Å². The van der Waals surface area contributed by atoms with E-state index in [-0.39, 0.29) is 18.0 Å². The maximum absolute atomic E-state index is 12.8. The number of fused-ring (bicyclic) bond motifs is 2. The molecule has 7 heteroatoms. The van der Waals surface area contributed by atoms with E-state index in [9.17, 15) is 4.79 Å². The minimum absolute atomic E-state index is 0.0549. The van der Waals surface area contributed by atoms with E-state index in [2.05, 4.69) is 11.9 Å². The summed E-state index contributed by atoms with van der Waals surface area (Å²) in [6.45, 7) is -0.250. The molecule has 2 bridgehead atoms. The largest absolute Gasteiger partial charge is 0.483 e. The van der Waals surface area contributed by atoms with Crippen LogP contribution in [0.15, 0.2) is 58.3 Å². The highest BCUT2D eigenvalue weighted by Crippen LogP contribution is 2.39. The molecule has 6 nitrogen and oxygen atoms in total. The molecule has 4 N–H and O–H groups in total. The van der Waals surface area contributed by atoms with Crippen LogP contribution in [0.1, 0.15) is 37.7 Å². The number of rotatable bonds is 6. The number of anilines is 1. The molecule has 2 aromatic rings. The van der Waals surface area contributed by atoms with E-state index >= 15 is 0 Å². The smallest absolute Gasteiger partial charge is 0.290 e. The Balaban J connectivity index is 0.000000858. The van der Waals surface area contributed by atoms with Crippen molar-refractivity contribution in [1.29, 1.82) is 5.41 Å². The first-order valence-electron chi connectivity index (χ1n) is 10.5. The molecule has 31 heavy (non-hydrogen) atoms. The molecule has 2 saturated heterocycles. The van der Waals surface area contributed by atoms with Gasteiger partial charge < -0.3 is 15.7 Å². The summed E-state index contributed by atoms with van der Waals surface area (Å²) < 4.78 is 0. The maximum Gasteiger partial charge on any atom is 0.290 e. The van der Waals surface area contributed by atoms with Crippen LogP contribution >= 0.6 is 11.8 Å². The number of benzene rings is 2. The third kappa shape index (κ3) is 5.74. The van der Waals surface area contributed by atoms with Gasteiger partial charge in [-0.3, -0.25) is 15.0 Å². The third-order valence-corrected chi connectivity index (χ3v) is 7.22. The number of nitrogens with two attached hydrogens (primary N) is 1. The number of hydrogen-bond acceptors (Lipinski definition) is 6. The molecule has 0 amide bonds. The van der Waals surface area contributed by atoms with Gasteiger partial charge in [-0.05, 0) is 69.0 Å². The van der Waals surface area contributed by atoms with Gasteiger partial charge in [-0.2, -0.15) is 0 Å².